The van der Waals surface area contributed by atoms with Gasteiger partial charge in [0.15, 0.2) is 9.84 Å². The van der Waals surface area contributed by atoms with E-state index in [0.717, 1.165) is 0 Å². The summed E-state index contributed by atoms with van der Waals surface area (Å²) in [5.41, 5.74) is 5.15. The lowest BCUT2D eigenvalue weighted by Crippen LogP contribution is -2.16. The van der Waals surface area contributed by atoms with Gasteiger partial charge in [-0.2, -0.15) is 0 Å². The fourth-order valence-electron chi connectivity index (χ4n) is 1.01. The molecule has 3 nitrogen and oxygen atoms in total. The molecule has 2 N–H and O–H groups in total. The maximum absolute atomic E-state index is 11.9. The summed E-state index contributed by atoms with van der Waals surface area (Å²) in [5, 5.41) is -0.430. The first-order chi connectivity index (χ1) is 7.46. The molecule has 0 aromatic heterocycles. The Kier molecular flexibility index (Phi) is 7.17. The largest absolute Gasteiger partial charge is 0.405 e. The molecule has 0 saturated heterocycles. The number of hydrogen-bond donors (Lipinski definition) is 1. The van der Waals surface area contributed by atoms with Gasteiger partial charge < -0.3 is 5.73 Å². The Balaban J connectivity index is 5.01. The topological polar surface area (TPSA) is 60.2 Å². The fraction of sp³-hybridized carbons (Fsp3) is 0.455. The summed E-state index contributed by atoms with van der Waals surface area (Å²) in [4.78, 5) is 0.360. The smallest absolute Gasteiger partial charge is 0.176 e. The summed E-state index contributed by atoms with van der Waals surface area (Å²) >= 11 is 5.58. The summed E-state index contributed by atoms with van der Waals surface area (Å²) < 4.78 is 23.8. The Bertz CT molecular complexity index is 381. The van der Waals surface area contributed by atoms with Crippen LogP contribution in [0.1, 0.15) is 20.3 Å². The third-order valence-electron chi connectivity index (χ3n) is 1.94. The molecule has 16 heavy (non-hydrogen) atoms. The quantitative estimate of drug-likeness (QED) is 0.591. The average molecular weight is 264 g/mol. The number of alkyl halides is 1. The highest BCUT2D eigenvalue weighted by Crippen LogP contribution is 2.17. The predicted octanol–water partition coefficient (Wildman–Crippen LogP) is 2.35. The van der Waals surface area contributed by atoms with E-state index < -0.39 is 15.1 Å². The number of allylic oxidation sites excluding steroid dienone is 5. The Hall–Kier alpha value is -0.740. The maximum atomic E-state index is 11.9. The Labute approximate surface area is 103 Å². The zero-order valence-electron chi connectivity index (χ0n) is 9.56. The number of rotatable bonds is 6. The molecule has 0 spiro atoms. The van der Waals surface area contributed by atoms with E-state index in [1.165, 1.54) is 6.20 Å². The van der Waals surface area contributed by atoms with Crippen molar-refractivity contribution in [3.63, 3.8) is 0 Å². The van der Waals surface area contributed by atoms with Crippen molar-refractivity contribution in [2.24, 2.45) is 5.73 Å². The van der Waals surface area contributed by atoms with Gasteiger partial charge in [0.05, 0.1) is 5.25 Å². The third-order valence-corrected chi connectivity index (χ3v) is 4.44. The SMILES string of the molecule is CC(C)S(=O)(=O)/C(=C/C=C\C=C\N)CCCl. The Morgan fingerprint density at radius 3 is 2.38 bits per heavy atom. The molecule has 0 unspecified atom stereocenters. The molecule has 0 atom stereocenters. The standard InChI is InChI=1S/C11H18ClNO2S/c1-10(2)16(14,15)11(7-8-12)6-4-3-5-9-13/h3-6,9-10H,7-8,13H2,1-2H3/b4-3-,9-5+,11-6+. The number of halogens is 1. The minimum absolute atomic E-state index is 0.290. The number of nitrogens with two attached hydrogens (primary N) is 1. The van der Waals surface area contributed by atoms with Crippen molar-refractivity contribution in [2.45, 2.75) is 25.5 Å². The minimum atomic E-state index is -3.22. The van der Waals surface area contributed by atoms with Crippen LogP contribution < -0.4 is 5.73 Å². The lowest BCUT2D eigenvalue weighted by atomic mass is 10.3. The van der Waals surface area contributed by atoms with E-state index in [1.54, 1.807) is 38.2 Å². The first-order valence-electron chi connectivity index (χ1n) is 5.00. The highest BCUT2D eigenvalue weighted by Gasteiger charge is 2.20. The van der Waals surface area contributed by atoms with Crippen LogP contribution in [0.25, 0.3) is 0 Å². The number of hydrogen-bond acceptors (Lipinski definition) is 3. The number of sulfone groups is 1. The van der Waals surface area contributed by atoms with Crippen molar-refractivity contribution in [2.75, 3.05) is 5.88 Å². The van der Waals surface area contributed by atoms with Gasteiger partial charge in [0.25, 0.3) is 0 Å². The molecular formula is C11H18ClNO2S. The van der Waals surface area contributed by atoms with E-state index >= 15 is 0 Å². The molecule has 0 aliphatic heterocycles. The van der Waals surface area contributed by atoms with Gasteiger partial charge >= 0.3 is 0 Å². The molecule has 0 amide bonds. The molecular weight excluding hydrogens is 246 g/mol. The molecule has 0 saturated carbocycles. The Morgan fingerprint density at radius 2 is 1.94 bits per heavy atom. The molecule has 0 fully saturated rings. The van der Waals surface area contributed by atoms with Crippen LogP contribution in [0, 0.1) is 0 Å². The van der Waals surface area contributed by atoms with Crippen molar-refractivity contribution in [3.8, 4) is 0 Å². The lowest BCUT2D eigenvalue weighted by Gasteiger charge is -2.10. The van der Waals surface area contributed by atoms with Crippen LogP contribution in [0.2, 0.25) is 0 Å². The summed E-state index contributed by atoms with van der Waals surface area (Å²) in [6.07, 6.45) is 8.23. The van der Waals surface area contributed by atoms with E-state index in [-0.39, 0.29) is 0 Å². The molecule has 0 heterocycles. The van der Waals surface area contributed by atoms with Gasteiger partial charge in [0.1, 0.15) is 0 Å². The second kappa shape index (κ2) is 7.52. The molecule has 92 valence electrons. The van der Waals surface area contributed by atoms with Crippen LogP contribution in [-0.2, 0) is 9.84 Å². The summed E-state index contributed by atoms with van der Waals surface area (Å²) in [7, 11) is -3.22. The van der Waals surface area contributed by atoms with Gasteiger partial charge in [-0.05, 0) is 38.6 Å². The Morgan fingerprint density at radius 1 is 1.31 bits per heavy atom. The predicted molar refractivity (Wildman–Crippen MR) is 69.9 cm³/mol. The second-order valence-electron chi connectivity index (χ2n) is 3.44. The summed E-state index contributed by atoms with van der Waals surface area (Å²) in [6.45, 7) is 3.31. The van der Waals surface area contributed by atoms with E-state index in [2.05, 4.69) is 0 Å². The first kappa shape index (κ1) is 15.3. The van der Waals surface area contributed by atoms with Crippen LogP contribution in [-0.4, -0.2) is 19.5 Å². The average Bonchev–Trinajstić information content (AvgIpc) is 2.22. The van der Waals surface area contributed by atoms with Crippen molar-refractivity contribution >= 4 is 21.4 Å². The molecule has 0 radical (unpaired) electrons. The van der Waals surface area contributed by atoms with Crippen LogP contribution in [0.5, 0.6) is 0 Å². The van der Waals surface area contributed by atoms with E-state index in [1.807, 2.05) is 0 Å². The van der Waals surface area contributed by atoms with Crippen molar-refractivity contribution < 1.29 is 8.42 Å². The zero-order valence-corrected chi connectivity index (χ0v) is 11.1. The van der Waals surface area contributed by atoms with Crippen molar-refractivity contribution in [1.29, 1.82) is 0 Å². The molecule has 0 aromatic carbocycles. The van der Waals surface area contributed by atoms with Crippen LogP contribution in [0.15, 0.2) is 35.4 Å². The van der Waals surface area contributed by atoms with Gasteiger partial charge in [0, 0.05) is 10.8 Å². The summed E-state index contributed by atoms with van der Waals surface area (Å²) in [6, 6.07) is 0. The summed E-state index contributed by atoms with van der Waals surface area (Å²) in [5.74, 6) is 0.290. The molecule has 0 aromatic rings. The molecule has 5 heteroatoms. The maximum Gasteiger partial charge on any atom is 0.176 e. The molecule has 0 rings (SSSR count). The van der Waals surface area contributed by atoms with E-state index in [4.69, 9.17) is 17.3 Å². The van der Waals surface area contributed by atoms with E-state index in [9.17, 15) is 8.42 Å². The zero-order chi connectivity index (χ0) is 12.6. The first-order valence-corrected chi connectivity index (χ1v) is 7.08. The fourth-order valence-corrected chi connectivity index (χ4v) is 2.58. The highest BCUT2D eigenvalue weighted by atomic mass is 35.5. The van der Waals surface area contributed by atoms with Crippen molar-refractivity contribution in [3.05, 3.63) is 35.4 Å². The van der Waals surface area contributed by atoms with Crippen LogP contribution >= 0.6 is 11.6 Å². The van der Waals surface area contributed by atoms with Gasteiger partial charge in [-0.25, -0.2) is 8.42 Å². The van der Waals surface area contributed by atoms with Crippen molar-refractivity contribution in [1.82, 2.24) is 0 Å². The van der Waals surface area contributed by atoms with Gasteiger partial charge in [0.2, 0.25) is 0 Å². The second-order valence-corrected chi connectivity index (χ2v) is 6.37. The minimum Gasteiger partial charge on any atom is -0.405 e. The van der Waals surface area contributed by atoms with Gasteiger partial charge in [-0.3, -0.25) is 0 Å². The lowest BCUT2D eigenvalue weighted by molar-refractivity contribution is 0.592. The highest BCUT2D eigenvalue weighted by molar-refractivity contribution is 7.95. The van der Waals surface area contributed by atoms with E-state index in [0.29, 0.717) is 17.2 Å². The van der Waals surface area contributed by atoms with Crippen LogP contribution in [0.4, 0.5) is 0 Å². The van der Waals surface area contributed by atoms with Gasteiger partial charge in [-0.15, -0.1) is 11.6 Å². The third kappa shape index (κ3) is 4.86. The molecule has 0 aliphatic rings. The molecule has 0 bridgehead atoms. The van der Waals surface area contributed by atoms with Gasteiger partial charge in [-0.1, -0.05) is 12.2 Å². The molecule has 0 aliphatic carbocycles. The van der Waals surface area contributed by atoms with Crippen LogP contribution in [0.3, 0.4) is 0 Å². The normalized spacial score (nSPS) is 14.4. The monoisotopic (exact) mass is 263 g/mol.